The number of aryl methyl sites for hydroxylation is 1. The summed E-state index contributed by atoms with van der Waals surface area (Å²) < 4.78 is 15.8. The largest absolute Gasteiger partial charge is 0.325 e. The molecule has 1 N–H and O–H groups in total. The van der Waals surface area contributed by atoms with E-state index in [1.165, 1.54) is 23.9 Å². The fraction of sp³-hybridized carbons (Fsp3) is 0.250. The van der Waals surface area contributed by atoms with Crippen LogP contribution in [0.25, 0.3) is 0 Å². The first-order valence-corrected chi connectivity index (χ1v) is 11.7. The summed E-state index contributed by atoms with van der Waals surface area (Å²) in [4.78, 5) is 12.3. The van der Waals surface area contributed by atoms with Crippen molar-refractivity contribution < 1.29 is 9.18 Å². The molecule has 3 rings (SSSR count). The van der Waals surface area contributed by atoms with Gasteiger partial charge in [0.1, 0.15) is 11.6 Å². The summed E-state index contributed by atoms with van der Waals surface area (Å²) in [6.07, 6.45) is 0. The van der Waals surface area contributed by atoms with Crippen LogP contribution in [-0.2, 0) is 23.3 Å². The van der Waals surface area contributed by atoms with Crippen molar-refractivity contribution in [2.45, 2.75) is 23.6 Å². The van der Waals surface area contributed by atoms with Crippen LogP contribution >= 0.6 is 39.5 Å². The summed E-state index contributed by atoms with van der Waals surface area (Å²) in [5, 5.41) is 12.0. The van der Waals surface area contributed by atoms with Gasteiger partial charge in [-0.1, -0.05) is 39.8 Å². The standard InChI is InChI=1S/C20H20BrFN4OS2/c1-13-9-15(21)5-8-17(13)23-19(27)12-29-20-25-24-18(26(20)2)11-28-10-14-3-6-16(22)7-4-14/h3-9H,10-12H2,1-2H3,(H,23,27). The van der Waals surface area contributed by atoms with Crippen molar-refractivity contribution in [3.8, 4) is 0 Å². The molecular formula is C20H20BrFN4OS2. The fourth-order valence-corrected chi connectivity index (χ4v) is 4.69. The van der Waals surface area contributed by atoms with E-state index in [4.69, 9.17) is 0 Å². The van der Waals surface area contributed by atoms with Gasteiger partial charge in [-0.05, 0) is 48.4 Å². The number of rotatable bonds is 8. The maximum absolute atomic E-state index is 13.0. The third-order valence-electron chi connectivity index (χ3n) is 4.13. The summed E-state index contributed by atoms with van der Waals surface area (Å²) in [7, 11) is 1.90. The molecule has 29 heavy (non-hydrogen) atoms. The molecule has 0 radical (unpaired) electrons. The molecule has 1 aromatic heterocycles. The molecule has 0 unspecified atom stereocenters. The normalized spacial score (nSPS) is 10.9. The molecule has 0 aliphatic carbocycles. The van der Waals surface area contributed by atoms with E-state index in [1.54, 1.807) is 23.9 Å². The van der Waals surface area contributed by atoms with Crippen LogP contribution in [0.3, 0.4) is 0 Å². The van der Waals surface area contributed by atoms with Gasteiger partial charge in [0.25, 0.3) is 0 Å². The van der Waals surface area contributed by atoms with Crippen molar-refractivity contribution >= 4 is 51.0 Å². The molecule has 0 aliphatic heterocycles. The summed E-state index contributed by atoms with van der Waals surface area (Å²) in [5.41, 5.74) is 2.86. The Morgan fingerprint density at radius 3 is 2.66 bits per heavy atom. The number of benzene rings is 2. The topological polar surface area (TPSA) is 59.8 Å². The number of thioether (sulfide) groups is 2. The van der Waals surface area contributed by atoms with E-state index in [0.717, 1.165) is 32.9 Å². The second kappa shape index (κ2) is 10.3. The molecule has 0 bridgehead atoms. The zero-order chi connectivity index (χ0) is 20.8. The van der Waals surface area contributed by atoms with Gasteiger partial charge in [0.15, 0.2) is 5.16 Å². The molecule has 9 heteroatoms. The number of hydrogen-bond acceptors (Lipinski definition) is 5. The van der Waals surface area contributed by atoms with Crippen molar-refractivity contribution in [2.75, 3.05) is 11.1 Å². The molecule has 3 aromatic rings. The molecule has 0 fully saturated rings. The number of hydrogen-bond donors (Lipinski definition) is 1. The van der Waals surface area contributed by atoms with Gasteiger partial charge in [-0.15, -0.1) is 22.0 Å². The Kier molecular flexibility index (Phi) is 7.74. The molecule has 2 aromatic carbocycles. The maximum atomic E-state index is 13.0. The van der Waals surface area contributed by atoms with E-state index in [1.807, 2.05) is 36.7 Å². The molecular weight excluding hydrogens is 475 g/mol. The van der Waals surface area contributed by atoms with E-state index in [2.05, 4.69) is 31.4 Å². The third kappa shape index (κ3) is 6.32. The number of nitrogens with one attached hydrogen (secondary N) is 1. The van der Waals surface area contributed by atoms with Crippen molar-refractivity contribution in [3.63, 3.8) is 0 Å². The van der Waals surface area contributed by atoms with Gasteiger partial charge in [-0.3, -0.25) is 4.79 Å². The van der Waals surface area contributed by atoms with Crippen molar-refractivity contribution in [1.29, 1.82) is 0 Å². The lowest BCUT2D eigenvalue weighted by Gasteiger charge is -2.08. The second-order valence-corrected chi connectivity index (χ2v) is 9.22. The molecule has 0 spiro atoms. The van der Waals surface area contributed by atoms with E-state index in [0.29, 0.717) is 10.9 Å². The smallest absolute Gasteiger partial charge is 0.234 e. The number of amides is 1. The molecule has 5 nitrogen and oxygen atoms in total. The van der Waals surface area contributed by atoms with Crippen LogP contribution in [0.15, 0.2) is 52.1 Å². The van der Waals surface area contributed by atoms with Crippen molar-refractivity contribution in [1.82, 2.24) is 14.8 Å². The Morgan fingerprint density at radius 2 is 1.93 bits per heavy atom. The van der Waals surface area contributed by atoms with Crippen LogP contribution in [0.2, 0.25) is 0 Å². The monoisotopic (exact) mass is 494 g/mol. The molecule has 1 heterocycles. The summed E-state index contributed by atoms with van der Waals surface area (Å²) >= 11 is 6.45. The zero-order valence-electron chi connectivity index (χ0n) is 16.0. The average molecular weight is 495 g/mol. The summed E-state index contributed by atoms with van der Waals surface area (Å²) in [5.74, 6) is 2.23. The number of aromatic nitrogens is 3. The highest BCUT2D eigenvalue weighted by atomic mass is 79.9. The van der Waals surface area contributed by atoms with Crippen molar-refractivity contribution in [2.24, 2.45) is 7.05 Å². The van der Waals surface area contributed by atoms with Gasteiger partial charge in [0.2, 0.25) is 5.91 Å². The van der Waals surface area contributed by atoms with Crippen LogP contribution in [0.4, 0.5) is 10.1 Å². The zero-order valence-corrected chi connectivity index (χ0v) is 19.2. The molecule has 152 valence electrons. The molecule has 0 saturated heterocycles. The number of carbonyl (C=O) groups excluding carboxylic acids is 1. The third-order valence-corrected chi connectivity index (χ3v) is 6.65. The van der Waals surface area contributed by atoms with Crippen LogP contribution in [0, 0.1) is 12.7 Å². The van der Waals surface area contributed by atoms with Gasteiger partial charge < -0.3 is 9.88 Å². The first-order chi connectivity index (χ1) is 13.9. The van der Waals surface area contributed by atoms with Gasteiger partial charge in [-0.2, -0.15) is 0 Å². The predicted molar refractivity (Wildman–Crippen MR) is 121 cm³/mol. The maximum Gasteiger partial charge on any atom is 0.234 e. The Hall–Kier alpha value is -1.84. The summed E-state index contributed by atoms with van der Waals surface area (Å²) in [6, 6.07) is 12.2. The van der Waals surface area contributed by atoms with E-state index in [-0.39, 0.29) is 17.5 Å². The second-order valence-electron chi connectivity index (χ2n) is 6.37. The minimum atomic E-state index is -0.229. The predicted octanol–water partition coefficient (Wildman–Crippen LogP) is 5.19. The Labute approximate surface area is 186 Å². The summed E-state index contributed by atoms with van der Waals surface area (Å²) in [6.45, 7) is 1.95. The van der Waals surface area contributed by atoms with Gasteiger partial charge in [0, 0.05) is 23.0 Å². The van der Waals surface area contributed by atoms with Gasteiger partial charge >= 0.3 is 0 Å². The minimum absolute atomic E-state index is 0.0874. The van der Waals surface area contributed by atoms with E-state index in [9.17, 15) is 9.18 Å². The molecule has 0 aliphatic rings. The molecule has 1 amide bonds. The first-order valence-electron chi connectivity index (χ1n) is 8.81. The fourth-order valence-electron chi connectivity index (χ4n) is 2.52. The number of halogens is 2. The lowest BCUT2D eigenvalue weighted by Crippen LogP contribution is -2.15. The highest BCUT2D eigenvalue weighted by molar-refractivity contribution is 9.10. The number of carbonyl (C=O) groups is 1. The highest BCUT2D eigenvalue weighted by Gasteiger charge is 2.12. The van der Waals surface area contributed by atoms with E-state index >= 15 is 0 Å². The quantitative estimate of drug-likeness (QED) is 0.436. The van der Waals surface area contributed by atoms with Crippen LogP contribution in [-0.4, -0.2) is 26.4 Å². The van der Waals surface area contributed by atoms with Crippen LogP contribution in [0.5, 0.6) is 0 Å². The lowest BCUT2D eigenvalue weighted by molar-refractivity contribution is -0.113. The SMILES string of the molecule is Cc1cc(Br)ccc1NC(=O)CSc1nnc(CSCc2ccc(F)cc2)n1C. The van der Waals surface area contributed by atoms with Gasteiger partial charge in [-0.25, -0.2) is 4.39 Å². The lowest BCUT2D eigenvalue weighted by atomic mass is 10.2. The molecule has 0 atom stereocenters. The Bertz CT molecular complexity index is 995. The van der Waals surface area contributed by atoms with Gasteiger partial charge in [0.05, 0.1) is 11.5 Å². The number of nitrogens with zero attached hydrogens (tertiary/aromatic N) is 3. The molecule has 0 saturated carbocycles. The Morgan fingerprint density at radius 1 is 1.17 bits per heavy atom. The number of anilines is 1. The highest BCUT2D eigenvalue weighted by Crippen LogP contribution is 2.23. The average Bonchev–Trinajstić information content (AvgIpc) is 3.04. The van der Waals surface area contributed by atoms with Crippen LogP contribution in [0.1, 0.15) is 17.0 Å². The van der Waals surface area contributed by atoms with Crippen molar-refractivity contribution in [3.05, 3.63) is 69.7 Å². The minimum Gasteiger partial charge on any atom is -0.325 e. The van der Waals surface area contributed by atoms with E-state index < -0.39 is 0 Å². The van der Waals surface area contributed by atoms with Crippen LogP contribution < -0.4 is 5.32 Å². The first kappa shape index (κ1) is 21.9. The Balaban J connectivity index is 1.48.